The molecule has 0 radical (unpaired) electrons. The molecule has 0 aliphatic heterocycles. The Morgan fingerprint density at radius 2 is 2.23 bits per heavy atom. The molecule has 0 bridgehead atoms. The first-order valence-electron chi connectivity index (χ1n) is 4.45. The molecule has 3 heteroatoms. The van der Waals surface area contributed by atoms with E-state index < -0.39 is 0 Å². The molecular formula is C10H16N2O. The van der Waals surface area contributed by atoms with Gasteiger partial charge >= 0.3 is 0 Å². The fraction of sp³-hybridized carbons (Fsp3) is 0.500. The van der Waals surface area contributed by atoms with Crippen molar-refractivity contribution in [2.75, 3.05) is 13.6 Å². The fourth-order valence-electron chi connectivity index (χ4n) is 1.02. The molecule has 0 saturated heterocycles. The Morgan fingerprint density at radius 1 is 1.54 bits per heavy atom. The Morgan fingerprint density at radius 3 is 2.69 bits per heavy atom. The molecule has 1 heterocycles. The summed E-state index contributed by atoms with van der Waals surface area (Å²) in [6, 6.07) is 1.99. The molecule has 0 spiro atoms. The minimum Gasteiger partial charge on any atom is -0.466 e. The topological polar surface area (TPSA) is 28.7 Å². The van der Waals surface area contributed by atoms with Crippen molar-refractivity contribution in [3.8, 4) is 0 Å². The molecule has 3 nitrogen and oxygen atoms in total. The highest BCUT2D eigenvalue weighted by molar-refractivity contribution is 5.80. The van der Waals surface area contributed by atoms with Crippen molar-refractivity contribution >= 4 is 6.21 Å². The molecule has 1 aromatic rings. The molecule has 0 fully saturated rings. The van der Waals surface area contributed by atoms with E-state index in [0.717, 1.165) is 23.6 Å². The SMILES string of the molecule is CCN(C)/N=C/c1cc(C)oc1C. The summed E-state index contributed by atoms with van der Waals surface area (Å²) in [6.45, 7) is 6.85. The van der Waals surface area contributed by atoms with Crippen LogP contribution in [0, 0.1) is 13.8 Å². The summed E-state index contributed by atoms with van der Waals surface area (Å²) in [5.74, 6) is 1.85. The van der Waals surface area contributed by atoms with Crippen molar-refractivity contribution in [2.45, 2.75) is 20.8 Å². The summed E-state index contributed by atoms with van der Waals surface area (Å²) in [7, 11) is 1.94. The normalized spacial score (nSPS) is 11.1. The number of hydrogen-bond donors (Lipinski definition) is 0. The van der Waals surface area contributed by atoms with Gasteiger partial charge in [0.15, 0.2) is 0 Å². The first-order chi connectivity index (χ1) is 6.13. The van der Waals surface area contributed by atoms with Gasteiger partial charge < -0.3 is 9.43 Å². The van der Waals surface area contributed by atoms with E-state index in [4.69, 9.17) is 4.42 Å². The average Bonchev–Trinajstić information content (AvgIpc) is 2.41. The number of hydrogen-bond acceptors (Lipinski definition) is 3. The van der Waals surface area contributed by atoms with Gasteiger partial charge in [-0.3, -0.25) is 0 Å². The highest BCUT2D eigenvalue weighted by Crippen LogP contribution is 2.11. The van der Waals surface area contributed by atoms with Crippen LogP contribution in [-0.4, -0.2) is 24.8 Å². The van der Waals surface area contributed by atoms with Gasteiger partial charge in [0.05, 0.1) is 6.21 Å². The van der Waals surface area contributed by atoms with Gasteiger partial charge in [0.1, 0.15) is 11.5 Å². The highest BCUT2D eigenvalue weighted by Gasteiger charge is 2.00. The smallest absolute Gasteiger partial charge is 0.109 e. The third kappa shape index (κ3) is 2.61. The van der Waals surface area contributed by atoms with Gasteiger partial charge in [-0.1, -0.05) is 0 Å². The lowest BCUT2D eigenvalue weighted by Gasteiger charge is -2.07. The monoisotopic (exact) mass is 180 g/mol. The zero-order valence-electron chi connectivity index (χ0n) is 8.66. The van der Waals surface area contributed by atoms with Crippen molar-refractivity contribution in [1.82, 2.24) is 5.01 Å². The largest absolute Gasteiger partial charge is 0.466 e. The highest BCUT2D eigenvalue weighted by atomic mass is 16.3. The molecule has 1 aromatic heterocycles. The van der Waals surface area contributed by atoms with Gasteiger partial charge in [0.25, 0.3) is 0 Å². The van der Waals surface area contributed by atoms with Crippen molar-refractivity contribution in [3.63, 3.8) is 0 Å². The van der Waals surface area contributed by atoms with Crippen LogP contribution in [0.15, 0.2) is 15.6 Å². The Balaban J connectivity index is 2.73. The zero-order chi connectivity index (χ0) is 9.84. The number of furan rings is 1. The summed E-state index contributed by atoms with van der Waals surface area (Å²) in [6.07, 6.45) is 1.83. The predicted octanol–water partition coefficient (Wildman–Crippen LogP) is 2.18. The summed E-state index contributed by atoms with van der Waals surface area (Å²) < 4.78 is 5.37. The number of aryl methyl sites for hydroxylation is 2. The lowest BCUT2D eigenvalue weighted by Crippen LogP contribution is -2.09. The van der Waals surface area contributed by atoms with Gasteiger partial charge in [-0.15, -0.1) is 0 Å². The first-order valence-corrected chi connectivity index (χ1v) is 4.45. The average molecular weight is 180 g/mol. The first kappa shape index (κ1) is 9.84. The van der Waals surface area contributed by atoms with Crippen molar-refractivity contribution in [3.05, 3.63) is 23.2 Å². The molecule has 13 heavy (non-hydrogen) atoms. The number of nitrogens with zero attached hydrogens (tertiary/aromatic N) is 2. The number of rotatable bonds is 3. The third-order valence-electron chi connectivity index (χ3n) is 1.93. The maximum Gasteiger partial charge on any atom is 0.109 e. The van der Waals surface area contributed by atoms with Crippen molar-refractivity contribution in [1.29, 1.82) is 0 Å². The summed E-state index contributed by atoms with van der Waals surface area (Å²) in [5, 5.41) is 6.11. The second kappa shape index (κ2) is 4.12. The van der Waals surface area contributed by atoms with Gasteiger partial charge in [-0.25, -0.2) is 0 Å². The Hall–Kier alpha value is -1.25. The maximum atomic E-state index is 5.37. The van der Waals surface area contributed by atoms with E-state index in [9.17, 15) is 0 Å². The number of hydrazone groups is 1. The second-order valence-corrected chi connectivity index (χ2v) is 3.09. The summed E-state index contributed by atoms with van der Waals surface area (Å²) in [4.78, 5) is 0. The Kier molecular flexibility index (Phi) is 3.12. The molecule has 0 atom stereocenters. The molecular weight excluding hydrogens is 164 g/mol. The summed E-state index contributed by atoms with van der Waals surface area (Å²) >= 11 is 0. The van der Waals surface area contributed by atoms with E-state index in [1.807, 2.05) is 38.2 Å². The third-order valence-corrected chi connectivity index (χ3v) is 1.93. The van der Waals surface area contributed by atoms with Crippen molar-refractivity contribution in [2.24, 2.45) is 5.10 Å². The molecule has 0 amide bonds. The Bertz CT molecular complexity index is 302. The quantitative estimate of drug-likeness (QED) is 0.527. The zero-order valence-corrected chi connectivity index (χ0v) is 8.66. The van der Waals surface area contributed by atoms with Crippen molar-refractivity contribution < 1.29 is 4.42 Å². The molecule has 0 N–H and O–H groups in total. The minimum atomic E-state index is 0.909. The lowest BCUT2D eigenvalue weighted by molar-refractivity contribution is 0.377. The molecule has 0 aromatic carbocycles. The van der Waals surface area contributed by atoms with Crippen LogP contribution < -0.4 is 0 Å². The van der Waals surface area contributed by atoms with Crippen LogP contribution in [0.5, 0.6) is 0 Å². The van der Waals surface area contributed by atoms with Crippen LogP contribution in [0.2, 0.25) is 0 Å². The van der Waals surface area contributed by atoms with E-state index in [1.165, 1.54) is 0 Å². The van der Waals surface area contributed by atoms with Crippen LogP contribution in [-0.2, 0) is 0 Å². The van der Waals surface area contributed by atoms with E-state index >= 15 is 0 Å². The molecule has 72 valence electrons. The molecule has 0 aliphatic rings. The molecule has 1 rings (SSSR count). The van der Waals surface area contributed by atoms with E-state index in [1.54, 1.807) is 0 Å². The maximum absolute atomic E-state index is 5.37. The van der Waals surface area contributed by atoms with Crippen LogP contribution in [0.1, 0.15) is 24.0 Å². The van der Waals surface area contributed by atoms with Gasteiger partial charge in [0, 0.05) is 19.2 Å². The standard InChI is InChI=1S/C10H16N2O/c1-5-12(4)11-7-10-6-8(2)13-9(10)3/h6-7H,5H2,1-4H3/b11-7+. The summed E-state index contributed by atoms with van der Waals surface area (Å²) in [5.41, 5.74) is 1.05. The van der Waals surface area contributed by atoms with Crippen LogP contribution in [0.3, 0.4) is 0 Å². The minimum absolute atomic E-state index is 0.909. The van der Waals surface area contributed by atoms with E-state index in [2.05, 4.69) is 12.0 Å². The fourth-order valence-corrected chi connectivity index (χ4v) is 1.02. The van der Waals surface area contributed by atoms with Gasteiger partial charge in [0.2, 0.25) is 0 Å². The Labute approximate surface area is 79.0 Å². The second-order valence-electron chi connectivity index (χ2n) is 3.09. The van der Waals surface area contributed by atoms with Crippen LogP contribution in [0.4, 0.5) is 0 Å². The van der Waals surface area contributed by atoms with Crippen LogP contribution in [0.25, 0.3) is 0 Å². The van der Waals surface area contributed by atoms with Gasteiger partial charge in [-0.05, 0) is 26.8 Å². The predicted molar refractivity (Wildman–Crippen MR) is 54.1 cm³/mol. The van der Waals surface area contributed by atoms with Gasteiger partial charge in [-0.2, -0.15) is 5.10 Å². The molecule has 0 saturated carbocycles. The van der Waals surface area contributed by atoms with Crippen LogP contribution >= 0.6 is 0 Å². The molecule has 0 unspecified atom stereocenters. The lowest BCUT2D eigenvalue weighted by atomic mass is 10.3. The van der Waals surface area contributed by atoms with E-state index in [0.29, 0.717) is 0 Å². The van der Waals surface area contributed by atoms with E-state index in [-0.39, 0.29) is 0 Å². The molecule has 0 aliphatic carbocycles.